The van der Waals surface area contributed by atoms with Gasteiger partial charge in [-0.2, -0.15) is 0 Å². The highest BCUT2D eigenvalue weighted by Gasteiger charge is 2.30. The third-order valence-electron chi connectivity index (χ3n) is 3.88. The van der Waals surface area contributed by atoms with Gasteiger partial charge in [0.05, 0.1) is 13.1 Å². The third-order valence-corrected chi connectivity index (χ3v) is 4.65. The molecule has 1 heterocycles. The normalized spacial score (nSPS) is 14.2. The van der Waals surface area contributed by atoms with Crippen LogP contribution in [0.1, 0.15) is 23.4 Å². The van der Waals surface area contributed by atoms with Crippen molar-refractivity contribution in [3.63, 3.8) is 0 Å². The molecule has 1 saturated carbocycles. The Morgan fingerprint density at radius 2 is 2.13 bits per heavy atom. The molecular weight excluding hydrogens is 313 g/mol. The van der Waals surface area contributed by atoms with Crippen molar-refractivity contribution in [2.75, 3.05) is 13.1 Å². The van der Waals surface area contributed by atoms with Crippen LogP contribution in [0.3, 0.4) is 0 Å². The van der Waals surface area contributed by atoms with Gasteiger partial charge in [-0.3, -0.25) is 9.69 Å². The van der Waals surface area contributed by atoms with E-state index in [2.05, 4.69) is 15.2 Å². The first-order valence-electron chi connectivity index (χ1n) is 7.84. The van der Waals surface area contributed by atoms with Crippen LogP contribution in [-0.4, -0.2) is 34.9 Å². The largest absolute Gasteiger partial charge is 0.355 e. The smallest absolute Gasteiger partial charge is 0.234 e. The lowest BCUT2D eigenvalue weighted by Crippen LogP contribution is -2.38. The predicted molar refractivity (Wildman–Crippen MR) is 88.7 cm³/mol. The number of halogens is 1. The van der Waals surface area contributed by atoms with E-state index >= 15 is 0 Å². The van der Waals surface area contributed by atoms with Crippen molar-refractivity contribution in [3.8, 4) is 0 Å². The van der Waals surface area contributed by atoms with Gasteiger partial charge in [0.2, 0.25) is 5.91 Å². The summed E-state index contributed by atoms with van der Waals surface area (Å²) in [6.07, 6.45) is 4.83. The second kappa shape index (κ2) is 7.66. The summed E-state index contributed by atoms with van der Waals surface area (Å²) in [7, 11) is 0. The standard InChI is InChI=1S/C17H20FN3OS/c18-14-3-1-13(2-4-14)7-8-19-16(22)11-21(15-5-6-15)12-17-20-9-10-23-17/h1-4,9-10,15H,5-8,11-12H2,(H,19,22). The Hall–Kier alpha value is -1.79. The van der Waals surface area contributed by atoms with Gasteiger partial charge >= 0.3 is 0 Å². The van der Waals surface area contributed by atoms with Crippen LogP contribution < -0.4 is 5.32 Å². The van der Waals surface area contributed by atoms with Crippen molar-refractivity contribution < 1.29 is 9.18 Å². The van der Waals surface area contributed by atoms with Crippen molar-refractivity contribution in [2.45, 2.75) is 31.8 Å². The number of nitrogens with one attached hydrogen (secondary N) is 1. The summed E-state index contributed by atoms with van der Waals surface area (Å²) in [4.78, 5) is 18.6. The molecule has 1 aliphatic carbocycles. The summed E-state index contributed by atoms with van der Waals surface area (Å²) >= 11 is 1.62. The van der Waals surface area contributed by atoms with Gasteiger partial charge < -0.3 is 5.32 Å². The zero-order chi connectivity index (χ0) is 16.1. The molecule has 1 fully saturated rings. The number of rotatable bonds is 8. The number of carbonyl (C=O) groups is 1. The fourth-order valence-corrected chi connectivity index (χ4v) is 3.14. The molecule has 0 atom stereocenters. The monoisotopic (exact) mass is 333 g/mol. The number of nitrogens with zero attached hydrogens (tertiary/aromatic N) is 2. The van der Waals surface area contributed by atoms with E-state index in [0.717, 1.165) is 30.0 Å². The number of hydrogen-bond acceptors (Lipinski definition) is 4. The molecule has 0 bridgehead atoms. The Morgan fingerprint density at radius 1 is 1.35 bits per heavy atom. The van der Waals surface area contributed by atoms with Crippen LogP contribution in [0, 0.1) is 5.82 Å². The molecule has 1 aromatic carbocycles. The Labute approximate surface area is 139 Å². The van der Waals surface area contributed by atoms with Gasteiger partial charge in [0.1, 0.15) is 10.8 Å². The number of hydrogen-bond donors (Lipinski definition) is 1. The minimum atomic E-state index is -0.236. The Bertz CT molecular complexity index is 626. The molecule has 1 aromatic heterocycles. The van der Waals surface area contributed by atoms with Crippen LogP contribution in [0.25, 0.3) is 0 Å². The zero-order valence-electron chi connectivity index (χ0n) is 12.9. The fourth-order valence-electron chi connectivity index (χ4n) is 2.50. The van der Waals surface area contributed by atoms with E-state index < -0.39 is 0 Å². The molecule has 1 N–H and O–H groups in total. The van der Waals surface area contributed by atoms with Gasteiger partial charge in [-0.05, 0) is 37.0 Å². The molecule has 0 aliphatic heterocycles. The van der Waals surface area contributed by atoms with Gasteiger partial charge in [-0.25, -0.2) is 9.37 Å². The van der Waals surface area contributed by atoms with Gasteiger partial charge in [0, 0.05) is 24.2 Å². The van der Waals surface area contributed by atoms with E-state index in [4.69, 9.17) is 0 Å². The van der Waals surface area contributed by atoms with Crippen molar-refractivity contribution in [1.29, 1.82) is 0 Å². The number of benzene rings is 1. The van der Waals surface area contributed by atoms with Crippen molar-refractivity contribution in [1.82, 2.24) is 15.2 Å². The lowest BCUT2D eigenvalue weighted by molar-refractivity contribution is -0.122. The van der Waals surface area contributed by atoms with Crippen LogP contribution in [0.5, 0.6) is 0 Å². The summed E-state index contributed by atoms with van der Waals surface area (Å²) < 4.78 is 12.8. The molecule has 0 radical (unpaired) electrons. The van der Waals surface area contributed by atoms with Crippen molar-refractivity contribution in [2.24, 2.45) is 0 Å². The lowest BCUT2D eigenvalue weighted by atomic mass is 10.1. The topological polar surface area (TPSA) is 45.2 Å². The highest BCUT2D eigenvalue weighted by atomic mass is 32.1. The van der Waals surface area contributed by atoms with Crippen LogP contribution in [0.4, 0.5) is 4.39 Å². The van der Waals surface area contributed by atoms with E-state index in [-0.39, 0.29) is 11.7 Å². The highest BCUT2D eigenvalue weighted by Crippen LogP contribution is 2.28. The molecule has 4 nitrogen and oxygen atoms in total. The molecule has 0 saturated heterocycles. The van der Waals surface area contributed by atoms with Crippen LogP contribution in [0.2, 0.25) is 0 Å². The molecule has 122 valence electrons. The van der Waals surface area contributed by atoms with Gasteiger partial charge in [-0.1, -0.05) is 12.1 Å². The molecule has 0 spiro atoms. The lowest BCUT2D eigenvalue weighted by Gasteiger charge is -2.20. The number of amides is 1. The van der Waals surface area contributed by atoms with Crippen LogP contribution >= 0.6 is 11.3 Å². The van der Waals surface area contributed by atoms with E-state index in [0.29, 0.717) is 25.6 Å². The number of thiazole rings is 1. The fraction of sp³-hybridized carbons (Fsp3) is 0.412. The maximum atomic E-state index is 12.8. The average Bonchev–Trinajstić information content (AvgIpc) is 3.27. The van der Waals surface area contributed by atoms with Crippen molar-refractivity contribution in [3.05, 3.63) is 52.2 Å². The first-order chi connectivity index (χ1) is 11.2. The number of carbonyl (C=O) groups excluding carboxylic acids is 1. The SMILES string of the molecule is O=C(CN(Cc1nccs1)C1CC1)NCCc1ccc(F)cc1. The minimum absolute atomic E-state index is 0.0376. The summed E-state index contributed by atoms with van der Waals surface area (Å²) in [5, 5.41) is 5.96. The number of aromatic nitrogens is 1. The predicted octanol–water partition coefficient (Wildman–Crippen LogP) is 2.61. The summed E-state index contributed by atoms with van der Waals surface area (Å²) in [5.41, 5.74) is 1.02. The Kier molecular flexibility index (Phi) is 5.35. The van der Waals surface area contributed by atoms with Crippen LogP contribution in [0.15, 0.2) is 35.8 Å². The average molecular weight is 333 g/mol. The van der Waals surface area contributed by atoms with Crippen LogP contribution in [-0.2, 0) is 17.8 Å². The quantitative estimate of drug-likeness (QED) is 0.808. The molecule has 1 amide bonds. The second-order valence-corrected chi connectivity index (χ2v) is 6.77. The highest BCUT2D eigenvalue weighted by molar-refractivity contribution is 7.09. The van der Waals surface area contributed by atoms with E-state index in [1.165, 1.54) is 12.1 Å². The van der Waals surface area contributed by atoms with Gasteiger partial charge in [0.25, 0.3) is 0 Å². The first-order valence-corrected chi connectivity index (χ1v) is 8.72. The summed E-state index contributed by atoms with van der Waals surface area (Å²) in [5.74, 6) is -0.199. The summed E-state index contributed by atoms with van der Waals surface area (Å²) in [6, 6.07) is 6.91. The van der Waals surface area contributed by atoms with E-state index in [9.17, 15) is 9.18 Å². The van der Waals surface area contributed by atoms with E-state index in [1.807, 2.05) is 5.38 Å². The summed E-state index contributed by atoms with van der Waals surface area (Å²) in [6.45, 7) is 1.72. The van der Waals surface area contributed by atoms with Crippen molar-refractivity contribution >= 4 is 17.2 Å². The minimum Gasteiger partial charge on any atom is -0.355 e. The molecule has 3 rings (SSSR count). The van der Waals surface area contributed by atoms with E-state index in [1.54, 1.807) is 29.7 Å². The molecule has 2 aromatic rings. The maximum absolute atomic E-state index is 12.8. The molecule has 23 heavy (non-hydrogen) atoms. The maximum Gasteiger partial charge on any atom is 0.234 e. The van der Waals surface area contributed by atoms with Gasteiger partial charge in [0.15, 0.2) is 0 Å². The molecule has 1 aliphatic rings. The molecular formula is C17H20FN3OS. The van der Waals surface area contributed by atoms with Gasteiger partial charge in [-0.15, -0.1) is 11.3 Å². The first kappa shape index (κ1) is 16.1. The molecule has 6 heteroatoms. The second-order valence-electron chi connectivity index (χ2n) is 5.79. The molecule has 0 unspecified atom stereocenters. The Balaban J connectivity index is 1.43. The Morgan fingerprint density at radius 3 is 2.78 bits per heavy atom. The zero-order valence-corrected chi connectivity index (χ0v) is 13.7. The third kappa shape index (κ3) is 5.11.